The van der Waals surface area contributed by atoms with Crippen molar-refractivity contribution in [3.8, 4) is 0 Å². The molecule has 1 aliphatic carbocycles. The van der Waals surface area contributed by atoms with Crippen molar-refractivity contribution >= 4 is 51.4 Å². The molecule has 46 heavy (non-hydrogen) atoms. The van der Waals surface area contributed by atoms with E-state index in [4.69, 9.17) is 4.84 Å². The summed E-state index contributed by atoms with van der Waals surface area (Å²) in [7, 11) is -4.03. The van der Waals surface area contributed by atoms with Crippen molar-refractivity contribution < 1.29 is 32.2 Å². The van der Waals surface area contributed by atoms with E-state index >= 15 is 0 Å². The number of thioether (sulfide) groups is 2. The van der Waals surface area contributed by atoms with Crippen LogP contribution in [0.25, 0.3) is 0 Å². The zero-order chi connectivity index (χ0) is 32.5. The molecule has 1 N–H and O–H groups in total. The predicted octanol–water partition coefficient (Wildman–Crippen LogP) is 6.74. The zero-order valence-corrected chi connectivity index (χ0v) is 28.0. The lowest BCUT2D eigenvalue weighted by Gasteiger charge is -2.38. The van der Waals surface area contributed by atoms with Crippen LogP contribution < -0.4 is 0 Å². The number of carbonyl (C=O) groups is 3. The van der Waals surface area contributed by atoms with Crippen LogP contribution in [0.1, 0.15) is 84.6 Å². The molecule has 2 amide bonds. The fourth-order valence-corrected chi connectivity index (χ4v) is 9.93. The van der Waals surface area contributed by atoms with Crippen molar-refractivity contribution in [2.45, 2.75) is 67.8 Å². The summed E-state index contributed by atoms with van der Waals surface area (Å²) in [5.74, 6) is -0.0754. The van der Waals surface area contributed by atoms with Crippen LogP contribution in [0.5, 0.6) is 0 Å². The molecule has 0 bridgehead atoms. The zero-order valence-electron chi connectivity index (χ0n) is 25.6. The molecular weight excluding hydrogens is 643 g/mol. The topological polar surface area (TPSA) is 118 Å². The number of hydrogen-bond acceptors (Lipinski definition) is 8. The van der Waals surface area contributed by atoms with E-state index in [0.717, 1.165) is 25.0 Å². The first kappa shape index (κ1) is 34.2. The minimum Gasteiger partial charge on any atom is -0.330 e. The van der Waals surface area contributed by atoms with Crippen molar-refractivity contribution in [3.63, 3.8) is 0 Å². The Morgan fingerprint density at radius 2 is 1.33 bits per heavy atom. The molecule has 1 fully saturated rings. The summed E-state index contributed by atoms with van der Waals surface area (Å²) < 4.78 is 32.2. The highest BCUT2D eigenvalue weighted by Crippen LogP contribution is 2.51. The summed E-state index contributed by atoms with van der Waals surface area (Å²) in [6.07, 6.45) is 3.74. The summed E-state index contributed by atoms with van der Waals surface area (Å²) in [6.45, 7) is 0. The molecule has 11 heteroatoms. The number of hydrogen-bond donors (Lipinski definition) is 1. The number of carbonyl (C=O) groups excluding carboxylic acids is 3. The third-order valence-electron chi connectivity index (χ3n) is 8.30. The molecule has 3 aromatic rings. The lowest BCUT2D eigenvalue weighted by atomic mass is 9.71. The number of benzene rings is 3. The molecule has 8 nitrogen and oxygen atoms in total. The molecule has 0 aromatic heterocycles. The van der Waals surface area contributed by atoms with Gasteiger partial charge in [0, 0.05) is 31.1 Å². The second-order valence-electron chi connectivity index (χ2n) is 11.6. The van der Waals surface area contributed by atoms with Crippen molar-refractivity contribution in [2.75, 3.05) is 17.3 Å². The normalized spacial score (nSPS) is 18.2. The van der Waals surface area contributed by atoms with E-state index in [1.165, 1.54) is 27.8 Å². The molecule has 0 spiro atoms. The van der Waals surface area contributed by atoms with Crippen LogP contribution in [-0.2, 0) is 35.8 Å². The molecule has 244 valence electrons. The van der Waals surface area contributed by atoms with Gasteiger partial charge in [0.25, 0.3) is 21.9 Å². The van der Waals surface area contributed by atoms with E-state index in [9.17, 15) is 27.4 Å². The van der Waals surface area contributed by atoms with Gasteiger partial charge in [-0.1, -0.05) is 85.3 Å². The average molecular weight is 682 g/mol. The van der Waals surface area contributed by atoms with Crippen LogP contribution in [0.3, 0.4) is 0 Å². The maximum absolute atomic E-state index is 12.2. The Hall–Kier alpha value is -3.12. The van der Waals surface area contributed by atoms with Crippen molar-refractivity contribution in [3.05, 3.63) is 107 Å². The van der Waals surface area contributed by atoms with E-state index < -0.39 is 27.9 Å². The minimum absolute atomic E-state index is 0.0714. The molecule has 0 saturated carbocycles. The maximum Gasteiger partial charge on any atom is 0.333 e. The number of amides is 2. The fraction of sp³-hybridized carbons (Fsp3) is 0.400. The van der Waals surface area contributed by atoms with E-state index in [0.29, 0.717) is 23.7 Å². The van der Waals surface area contributed by atoms with Crippen molar-refractivity contribution in [1.82, 2.24) is 5.06 Å². The second-order valence-corrected chi connectivity index (χ2v) is 16.0. The molecule has 1 unspecified atom stereocenters. The highest BCUT2D eigenvalue weighted by molar-refractivity contribution is 8.17. The van der Waals surface area contributed by atoms with Crippen LogP contribution in [0, 0.1) is 0 Å². The van der Waals surface area contributed by atoms with E-state index in [1.54, 1.807) is 11.8 Å². The molecular formula is C35H39NO7S3. The van der Waals surface area contributed by atoms with Gasteiger partial charge in [0.05, 0.1) is 10.3 Å². The molecule has 1 atom stereocenters. The predicted molar refractivity (Wildman–Crippen MR) is 182 cm³/mol. The van der Waals surface area contributed by atoms with Crippen LogP contribution in [-0.4, -0.2) is 57.7 Å². The van der Waals surface area contributed by atoms with Gasteiger partial charge in [-0.05, 0) is 65.0 Å². The highest BCUT2D eigenvalue weighted by Gasteiger charge is 2.37. The number of unbranched alkanes of at least 4 members (excludes halogenated alkanes) is 2. The molecule has 1 saturated heterocycles. The quantitative estimate of drug-likeness (QED) is 0.0759. The van der Waals surface area contributed by atoms with E-state index in [2.05, 4.69) is 72.8 Å². The third kappa shape index (κ3) is 9.02. The van der Waals surface area contributed by atoms with Gasteiger partial charge in [0.15, 0.2) is 0 Å². The van der Waals surface area contributed by atoms with Crippen LogP contribution in [0.2, 0.25) is 0 Å². The largest absolute Gasteiger partial charge is 0.333 e. The second kappa shape index (κ2) is 16.1. The summed E-state index contributed by atoms with van der Waals surface area (Å²) in [6, 6.07) is 27.8. The Balaban J connectivity index is 1.28. The van der Waals surface area contributed by atoms with Gasteiger partial charge >= 0.3 is 5.97 Å². The van der Waals surface area contributed by atoms with Gasteiger partial charge in [0.2, 0.25) is 0 Å². The van der Waals surface area contributed by atoms with Gasteiger partial charge in [-0.25, -0.2) is 4.79 Å². The monoisotopic (exact) mass is 681 g/mol. The van der Waals surface area contributed by atoms with Crippen LogP contribution in [0.4, 0.5) is 0 Å². The number of rotatable bonds is 16. The van der Waals surface area contributed by atoms with E-state index in [1.807, 2.05) is 17.8 Å². The smallest absolute Gasteiger partial charge is 0.330 e. The summed E-state index contributed by atoms with van der Waals surface area (Å²) in [5, 5.41) is 0.590. The Labute approximate surface area is 279 Å². The number of fused-ring (bicyclic) bond motifs is 2. The van der Waals surface area contributed by atoms with Crippen LogP contribution in [0.15, 0.2) is 78.9 Å². The molecule has 2 aliphatic rings. The Bertz CT molecular complexity index is 1570. The van der Waals surface area contributed by atoms with Gasteiger partial charge in [-0.2, -0.15) is 8.42 Å². The van der Waals surface area contributed by atoms with E-state index in [-0.39, 0.29) is 41.4 Å². The van der Waals surface area contributed by atoms with Gasteiger partial charge in [-0.3, -0.25) is 14.1 Å². The van der Waals surface area contributed by atoms with Crippen molar-refractivity contribution in [1.29, 1.82) is 0 Å². The SMILES string of the molecule is O=C(CCCCCSC(SCCCS(=O)(=O)O)C1c2ccccc2C(Cc2ccccc2)c2ccccc21)ON1C(=O)CCC1=O. The van der Waals surface area contributed by atoms with Gasteiger partial charge in [-0.15, -0.1) is 28.6 Å². The lowest BCUT2D eigenvalue weighted by Crippen LogP contribution is -2.31. The summed E-state index contributed by atoms with van der Waals surface area (Å²) in [5.41, 5.74) is 6.48. The highest BCUT2D eigenvalue weighted by atomic mass is 32.2. The Morgan fingerprint density at radius 1 is 0.783 bits per heavy atom. The van der Waals surface area contributed by atoms with Gasteiger partial charge < -0.3 is 4.84 Å². The maximum atomic E-state index is 12.2. The van der Waals surface area contributed by atoms with Gasteiger partial charge in [0.1, 0.15) is 0 Å². The Morgan fingerprint density at radius 3 is 1.91 bits per heavy atom. The summed E-state index contributed by atoms with van der Waals surface area (Å²) in [4.78, 5) is 40.6. The third-order valence-corrected chi connectivity index (χ3v) is 12.2. The Kier molecular flexibility index (Phi) is 12.0. The number of hydroxylamine groups is 2. The molecule has 0 radical (unpaired) electrons. The minimum atomic E-state index is -4.03. The average Bonchev–Trinajstić information content (AvgIpc) is 3.36. The molecule has 5 rings (SSSR count). The van der Waals surface area contributed by atoms with Crippen molar-refractivity contribution in [2.24, 2.45) is 0 Å². The number of imide groups is 1. The first-order chi connectivity index (χ1) is 22.2. The number of nitrogens with zero attached hydrogens (tertiary/aromatic N) is 1. The standard InChI is InChI=1S/C35H39NO7S3/c37-31-19-20-32(38)36(31)43-33(39)18-5-2-10-21-44-35(45-22-11-23-46(40,41)42)34-28-16-8-6-14-26(28)30(24-25-12-3-1-4-13-25)27-15-7-9-17-29(27)34/h1,3-4,6-9,12-17,30,34-35H,2,5,10-11,18-24H2,(H,40,41,42). The van der Waals surface area contributed by atoms with Crippen LogP contribution >= 0.6 is 23.5 Å². The molecule has 3 aromatic carbocycles. The fourth-order valence-electron chi connectivity index (χ4n) is 6.16. The summed E-state index contributed by atoms with van der Waals surface area (Å²) >= 11 is 3.57. The lowest BCUT2D eigenvalue weighted by molar-refractivity contribution is -0.197. The first-order valence-corrected chi connectivity index (χ1v) is 19.4. The molecule has 1 aliphatic heterocycles. The first-order valence-electron chi connectivity index (χ1n) is 15.7. The molecule has 1 heterocycles.